The van der Waals surface area contributed by atoms with Crippen LogP contribution in [-0.4, -0.2) is 0 Å². The molecule has 1 aromatic rings. The topological polar surface area (TPSA) is 38.0 Å². The molecule has 0 aliphatic carbocycles. The largest absolute Gasteiger partial charge is 0.271 e. The maximum absolute atomic E-state index is 5.60. The average Bonchev–Trinajstić information content (AvgIpc) is 2.52. The molecule has 1 aromatic heterocycles. The third kappa shape index (κ3) is 4.23. The lowest BCUT2D eigenvalue weighted by Crippen LogP contribution is -2.28. The summed E-state index contributed by atoms with van der Waals surface area (Å²) in [6.45, 7) is 6.76. The Balaban J connectivity index is 2.61. The van der Waals surface area contributed by atoms with Gasteiger partial charge in [-0.15, -0.1) is 11.3 Å². The van der Waals surface area contributed by atoms with Crippen molar-refractivity contribution in [3.8, 4) is 0 Å². The van der Waals surface area contributed by atoms with E-state index in [0.29, 0.717) is 5.41 Å². The summed E-state index contributed by atoms with van der Waals surface area (Å²) in [5.74, 6) is 5.60. The molecule has 15 heavy (non-hydrogen) atoms. The van der Waals surface area contributed by atoms with Crippen LogP contribution in [0.3, 0.4) is 0 Å². The van der Waals surface area contributed by atoms with Crippen LogP contribution in [0.15, 0.2) is 15.9 Å². The fourth-order valence-corrected chi connectivity index (χ4v) is 3.17. The van der Waals surface area contributed by atoms with Crippen molar-refractivity contribution in [1.82, 2.24) is 5.43 Å². The summed E-state index contributed by atoms with van der Waals surface area (Å²) in [5, 5.41) is 2.08. The maximum Gasteiger partial charge on any atom is 0.0564 e. The van der Waals surface area contributed by atoms with Crippen molar-refractivity contribution in [3.63, 3.8) is 0 Å². The van der Waals surface area contributed by atoms with Gasteiger partial charge in [0.1, 0.15) is 0 Å². The summed E-state index contributed by atoms with van der Waals surface area (Å²) in [7, 11) is 0. The second kappa shape index (κ2) is 5.43. The third-order valence-electron chi connectivity index (χ3n) is 2.35. The molecule has 0 amide bonds. The van der Waals surface area contributed by atoms with Crippen LogP contribution in [0.1, 0.15) is 44.5 Å². The van der Waals surface area contributed by atoms with E-state index in [-0.39, 0.29) is 6.04 Å². The van der Waals surface area contributed by atoms with Gasteiger partial charge in [-0.05, 0) is 45.6 Å². The van der Waals surface area contributed by atoms with Crippen molar-refractivity contribution in [2.75, 3.05) is 0 Å². The molecule has 1 unspecified atom stereocenters. The molecule has 0 aliphatic heterocycles. The van der Waals surface area contributed by atoms with Gasteiger partial charge in [0.2, 0.25) is 0 Å². The van der Waals surface area contributed by atoms with E-state index in [1.807, 2.05) is 0 Å². The first-order valence-electron chi connectivity index (χ1n) is 5.13. The number of hydrazine groups is 1. The predicted octanol–water partition coefficient (Wildman–Crippen LogP) is 3.84. The van der Waals surface area contributed by atoms with Gasteiger partial charge in [-0.25, -0.2) is 0 Å². The van der Waals surface area contributed by atoms with Gasteiger partial charge in [0, 0.05) is 9.35 Å². The second-order valence-corrected chi connectivity index (χ2v) is 6.75. The molecule has 4 heteroatoms. The van der Waals surface area contributed by atoms with Gasteiger partial charge >= 0.3 is 0 Å². The molecule has 0 aliphatic rings. The molecule has 1 rings (SSSR count). The normalized spacial score (nSPS) is 14.2. The molecule has 1 heterocycles. The van der Waals surface area contributed by atoms with Gasteiger partial charge in [0.15, 0.2) is 0 Å². The third-order valence-corrected chi connectivity index (χ3v) is 4.33. The quantitative estimate of drug-likeness (QED) is 0.653. The molecule has 1 atom stereocenters. The number of hydrogen-bond donors (Lipinski definition) is 2. The minimum absolute atomic E-state index is 0.263. The van der Waals surface area contributed by atoms with Gasteiger partial charge in [0.25, 0.3) is 0 Å². The summed E-state index contributed by atoms with van der Waals surface area (Å²) < 4.78 is 1.16. The summed E-state index contributed by atoms with van der Waals surface area (Å²) in [5.41, 5.74) is 3.26. The molecular weight excluding hydrogens is 272 g/mol. The Hall–Kier alpha value is 0.100. The molecule has 0 bridgehead atoms. The van der Waals surface area contributed by atoms with Crippen LogP contribution in [0.5, 0.6) is 0 Å². The molecule has 3 N–H and O–H groups in total. The number of nitrogens with one attached hydrogen (secondary N) is 1. The van der Waals surface area contributed by atoms with Crippen molar-refractivity contribution >= 4 is 27.3 Å². The summed E-state index contributed by atoms with van der Waals surface area (Å²) >= 11 is 5.29. The number of hydrogen-bond acceptors (Lipinski definition) is 3. The standard InChI is InChI=1S/C11H19BrN2S/c1-11(2,3)6-4-9(14-13)10-8(12)5-7-15-10/h5,7,9,14H,4,6,13H2,1-3H3. The van der Waals surface area contributed by atoms with Crippen molar-refractivity contribution in [3.05, 3.63) is 20.8 Å². The van der Waals surface area contributed by atoms with E-state index in [2.05, 4.69) is 53.6 Å². The zero-order valence-corrected chi connectivity index (χ0v) is 11.9. The van der Waals surface area contributed by atoms with Crippen LogP contribution in [0, 0.1) is 5.41 Å². The molecule has 0 radical (unpaired) electrons. The summed E-state index contributed by atoms with van der Waals surface area (Å²) in [4.78, 5) is 1.29. The minimum Gasteiger partial charge on any atom is -0.271 e. The fraction of sp³-hybridized carbons (Fsp3) is 0.636. The van der Waals surface area contributed by atoms with Crippen molar-refractivity contribution in [2.45, 2.75) is 39.7 Å². The van der Waals surface area contributed by atoms with E-state index < -0.39 is 0 Å². The number of nitrogens with two attached hydrogens (primary N) is 1. The second-order valence-electron chi connectivity index (χ2n) is 4.95. The molecule has 0 spiro atoms. The van der Waals surface area contributed by atoms with E-state index in [1.54, 1.807) is 11.3 Å². The average molecular weight is 291 g/mol. The van der Waals surface area contributed by atoms with Crippen LogP contribution in [-0.2, 0) is 0 Å². The first kappa shape index (κ1) is 13.2. The lowest BCUT2D eigenvalue weighted by Gasteiger charge is -2.22. The van der Waals surface area contributed by atoms with Gasteiger partial charge < -0.3 is 0 Å². The van der Waals surface area contributed by atoms with Crippen LogP contribution in [0.4, 0.5) is 0 Å². The minimum atomic E-state index is 0.263. The highest BCUT2D eigenvalue weighted by Crippen LogP contribution is 2.33. The molecule has 2 nitrogen and oxygen atoms in total. The molecule has 0 fully saturated rings. The zero-order chi connectivity index (χ0) is 11.5. The van der Waals surface area contributed by atoms with Crippen LogP contribution >= 0.6 is 27.3 Å². The lowest BCUT2D eigenvalue weighted by atomic mass is 9.88. The zero-order valence-electron chi connectivity index (χ0n) is 9.51. The first-order chi connectivity index (χ1) is 6.94. The van der Waals surface area contributed by atoms with E-state index in [4.69, 9.17) is 5.84 Å². The Kier molecular flexibility index (Phi) is 4.77. The van der Waals surface area contributed by atoms with Gasteiger partial charge in [0.05, 0.1) is 6.04 Å². The fourth-order valence-electron chi connectivity index (χ4n) is 1.42. The highest BCUT2D eigenvalue weighted by molar-refractivity contribution is 9.10. The monoisotopic (exact) mass is 290 g/mol. The van der Waals surface area contributed by atoms with Crippen molar-refractivity contribution in [2.24, 2.45) is 11.3 Å². The molecule has 0 saturated carbocycles. The highest BCUT2D eigenvalue weighted by atomic mass is 79.9. The Bertz CT molecular complexity index is 304. The van der Waals surface area contributed by atoms with Crippen molar-refractivity contribution < 1.29 is 0 Å². The van der Waals surface area contributed by atoms with Crippen LogP contribution in [0.2, 0.25) is 0 Å². The van der Waals surface area contributed by atoms with Crippen LogP contribution in [0.25, 0.3) is 0 Å². The summed E-state index contributed by atoms with van der Waals surface area (Å²) in [6.07, 6.45) is 2.23. The smallest absolute Gasteiger partial charge is 0.0564 e. The molecule has 0 aromatic carbocycles. The van der Waals surface area contributed by atoms with E-state index in [0.717, 1.165) is 17.3 Å². The first-order valence-corrected chi connectivity index (χ1v) is 6.80. The molecule has 0 saturated heterocycles. The predicted molar refractivity (Wildman–Crippen MR) is 70.8 cm³/mol. The van der Waals surface area contributed by atoms with Gasteiger partial charge in [-0.3, -0.25) is 11.3 Å². The summed E-state index contributed by atoms with van der Waals surface area (Å²) in [6, 6.07) is 2.33. The van der Waals surface area contributed by atoms with Gasteiger partial charge in [-0.1, -0.05) is 20.8 Å². The number of thiophene rings is 1. The lowest BCUT2D eigenvalue weighted by molar-refractivity contribution is 0.334. The maximum atomic E-state index is 5.60. The highest BCUT2D eigenvalue weighted by Gasteiger charge is 2.18. The van der Waals surface area contributed by atoms with Gasteiger partial charge in [-0.2, -0.15) is 0 Å². The van der Waals surface area contributed by atoms with Crippen molar-refractivity contribution in [1.29, 1.82) is 0 Å². The Morgan fingerprint density at radius 2 is 2.20 bits per heavy atom. The number of rotatable bonds is 4. The Labute approximate surface area is 104 Å². The SMILES string of the molecule is CC(C)(C)CCC(NN)c1sccc1Br. The van der Waals surface area contributed by atoms with E-state index in [9.17, 15) is 0 Å². The molecular formula is C11H19BrN2S. The van der Waals surface area contributed by atoms with E-state index >= 15 is 0 Å². The molecule has 86 valence electrons. The van der Waals surface area contributed by atoms with Crippen LogP contribution < -0.4 is 11.3 Å². The number of halogens is 1. The Morgan fingerprint density at radius 1 is 1.53 bits per heavy atom. The van der Waals surface area contributed by atoms with E-state index in [1.165, 1.54) is 4.88 Å². The Morgan fingerprint density at radius 3 is 2.60 bits per heavy atom.